The van der Waals surface area contributed by atoms with Crippen LogP contribution in [0.4, 0.5) is 10.1 Å². The molecule has 2 nitrogen and oxygen atoms in total. The molecule has 0 atom stereocenters. The molecule has 0 aromatic heterocycles. The van der Waals surface area contributed by atoms with E-state index in [-0.39, 0.29) is 6.67 Å². The van der Waals surface area contributed by atoms with Crippen molar-refractivity contribution in [3.63, 3.8) is 0 Å². The van der Waals surface area contributed by atoms with Crippen molar-refractivity contribution in [1.82, 2.24) is 0 Å². The molecule has 0 saturated heterocycles. The topological polar surface area (TPSA) is 21.3 Å². The van der Waals surface area contributed by atoms with E-state index < -0.39 is 0 Å². The van der Waals surface area contributed by atoms with Crippen LogP contribution in [0.1, 0.15) is 32.6 Å². The predicted octanol–water partition coefficient (Wildman–Crippen LogP) is 4.03. The van der Waals surface area contributed by atoms with E-state index in [1.807, 2.05) is 24.3 Å². The summed E-state index contributed by atoms with van der Waals surface area (Å²) < 4.78 is 17.4. The molecule has 0 spiro atoms. The first kappa shape index (κ1) is 13.8. The second-order valence-corrected chi connectivity index (χ2v) is 4.05. The van der Waals surface area contributed by atoms with Gasteiger partial charge in [-0.15, -0.1) is 0 Å². The van der Waals surface area contributed by atoms with Gasteiger partial charge in [-0.1, -0.05) is 6.92 Å². The normalized spacial score (nSPS) is 10.2. The molecule has 0 bridgehead atoms. The van der Waals surface area contributed by atoms with Crippen LogP contribution >= 0.6 is 0 Å². The Balaban J connectivity index is 2.20. The van der Waals surface area contributed by atoms with Crippen LogP contribution in [0.3, 0.4) is 0 Å². The Morgan fingerprint density at radius 1 is 1.12 bits per heavy atom. The van der Waals surface area contributed by atoms with Gasteiger partial charge < -0.3 is 10.1 Å². The average molecular weight is 239 g/mol. The number of anilines is 1. The van der Waals surface area contributed by atoms with Crippen molar-refractivity contribution in [2.24, 2.45) is 0 Å². The van der Waals surface area contributed by atoms with Gasteiger partial charge in [0.2, 0.25) is 0 Å². The van der Waals surface area contributed by atoms with Gasteiger partial charge in [0, 0.05) is 12.2 Å². The van der Waals surface area contributed by atoms with Crippen LogP contribution in [0.5, 0.6) is 5.75 Å². The number of halogens is 1. The Hall–Kier alpha value is -1.25. The lowest BCUT2D eigenvalue weighted by Crippen LogP contribution is -2.01. The van der Waals surface area contributed by atoms with Gasteiger partial charge in [0.25, 0.3) is 0 Å². The molecule has 0 aliphatic heterocycles. The van der Waals surface area contributed by atoms with Crippen molar-refractivity contribution in [3.05, 3.63) is 24.3 Å². The van der Waals surface area contributed by atoms with Gasteiger partial charge in [-0.25, -0.2) is 0 Å². The third kappa shape index (κ3) is 6.15. The zero-order valence-electron chi connectivity index (χ0n) is 10.5. The van der Waals surface area contributed by atoms with Crippen LogP contribution in [0, 0.1) is 0 Å². The molecule has 0 aliphatic rings. The van der Waals surface area contributed by atoms with Gasteiger partial charge in [0.05, 0.1) is 13.3 Å². The SMILES string of the molecule is CCCOc1ccc(NCCCCCF)cc1. The third-order valence-corrected chi connectivity index (χ3v) is 2.47. The Labute approximate surface area is 103 Å². The Kier molecular flexibility index (Phi) is 7.19. The van der Waals surface area contributed by atoms with E-state index >= 15 is 0 Å². The standard InChI is InChI=1S/C14H22FNO/c1-2-12-17-14-8-6-13(7-9-14)16-11-5-3-4-10-15/h6-9,16H,2-5,10-12H2,1H3. The lowest BCUT2D eigenvalue weighted by atomic mass is 10.2. The van der Waals surface area contributed by atoms with Crippen LogP contribution in [0.15, 0.2) is 24.3 Å². The lowest BCUT2D eigenvalue weighted by Gasteiger charge is -2.08. The van der Waals surface area contributed by atoms with E-state index in [9.17, 15) is 4.39 Å². The molecule has 1 rings (SSSR count). The Morgan fingerprint density at radius 3 is 2.53 bits per heavy atom. The zero-order chi connectivity index (χ0) is 12.3. The molecule has 1 aromatic rings. The molecule has 0 fully saturated rings. The summed E-state index contributed by atoms with van der Waals surface area (Å²) in [6, 6.07) is 7.97. The van der Waals surface area contributed by atoms with Crippen LogP contribution in [0.2, 0.25) is 0 Å². The highest BCUT2D eigenvalue weighted by Crippen LogP contribution is 2.15. The second kappa shape index (κ2) is 8.85. The number of hydrogen-bond donors (Lipinski definition) is 1. The fourth-order valence-corrected chi connectivity index (χ4v) is 1.52. The minimum absolute atomic E-state index is 0.205. The van der Waals surface area contributed by atoms with Gasteiger partial charge in [-0.2, -0.15) is 0 Å². The molecular formula is C14H22FNO. The van der Waals surface area contributed by atoms with Crippen molar-refractivity contribution in [3.8, 4) is 5.75 Å². The molecular weight excluding hydrogens is 217 g/mol. The lowest BCUT2D eigenvalue weighted by molar-refractivity contribution is 0.317. The van der Waals surface area contributed by atoms with Gasteiger partial charge in [0.1, 0.15) is 5.75 Å². The molecule has 96 valence electrons. The van der Waals surface area contributed by atoms with E-state index in [2.05, 4.69) is 12.2 Å². The number of alkyl halides is 1. The van der Waals surface area contributed by atoms with Gasteiger partial charge in [-0.05, 0) is 49.9 Å². The zero-order valence-corrected chi connectivity index (χ0v) is 10.5. The largest absolute Gasteiger partial charge is 0.494 e. The first-order chi connectivity index (χ1) is 8.36. The first-order valence-electron chi connectivity index (χ1n) is 6.39. The van der Waals surface area contributed by atoms with Crippen LogP contribution in [-0.2, 0) is 0 Å². The summed E-state index contributed by atoms with van der Waals surface area (Å²) in [5.41, 5.74) is 1.09. The molecule has 1 N–H and O–H groups in total. The predicted molar refractivity (Wildman–Crippen MR) is 70.5 cm³/mol. The minimum atomic E-state index is -0.205. The molecule has 0 amide bonds. The molecule has 17 heavy (non-hydrogen) atoms. The summed E-state index contributed by atoms with van der Waals surface area (Å²) in [5, 5.41) is 3.31. The van der Waals surface area contributed by atoms with Crippen LogP contribution in [0.25, 0.3) is 0 Å². The molecule has 0 saturated carbocycles. The molecule has 0 radical (unpaired) electrons. The highest BCUT2D eigenvalue weighted by atomic mass is 19.1. The number of hydrogen-bond acceptors (Lipinski definition) is 2. The summed E-state index contributed by atoms with van der Waals surface area (Å²) in [5.74, 6) is 0.912. The molecule has 0 unspecified atom stereocenters. The van der Waals surface area contributed by atoms with Crippen molar-refractivity contribution in [1.29, 1.82) is 0 Å². The van der Waals surface area contributed by atoms with Crippen LogP contribution in [-0.4, -0.2) is 19.8 Å². The van der Waals surface area contributed by atoms with Gasteiger partial charge >= 0.3 is 0 Å². The first-order valence-corrected chi connectivity index (χ1v) is 6.39. The molecule has 0 aliphatic carbocycles. The van der Waals surface area contributed by atoms with Crippen molar-refractivity contribution in [2.75, 3.05) is 25.1 Å². The summed E-state index contributed by atoms with van der Waals surface area (Å²) >= 11 is 0. The van der Waals surface area contributed by atoms with Crippen molar-refractivity contribution in [2.45, 2.75) is 32.6 Å². The van der Waals surface area contributed by atoms with Crippen LogP contribution < -0.4 is 10.1 Å². The number of nitrogens with one attached hydrogen (secondary N) is 1. The maximum absolute atomic E-state index is 11.9. The summed E-state index contributed by atoms with van der Waals surface area (Å²) in [6.45, 7) is 3.54. The number of unbranched alkanes of at least 4 members (excludes halogenated alkanes) is 2. The number of benzene rings is 1. The van der Waals surface area contributed by atoms with Gasteiger partial charge in [-0.3, -0.25) is 4.39 Å². The monoisotopic (exact) mass is 239 g/mol. The quantitative estimate of drug-likeness (QED) is 0.657. The smallest absolute Gasteiger partial charge is 0.119 e. The Bertz CT molecular complexity index is 287. The third-order valence-electron chi connectivity index (χ3n) is 2.47. The van der Waals surface area contributed by atoms with Gasteiger partial charge in [0.15, 0.2) is 0 Å². The fourth-order valence-electron chi connectivity index (χ4n) is 1.52. The second-order valence-electron chi connectivity index (χ2n) is 4.05. The van der Waals surface area contributed by atoms with E-state index in [1.54, 1.807) is 0 Å². The van der Waals surface area contributed by atoms with E-state index in [0.717, 1.165) is 43.9 Å². The van der Waals surface area contributed by atoms with E-state index in [1.165, 1.54) is 0 Å². The summed E-state index contributed by atoms with van der Waals surface area (Å²) in [7, 11) is 0. The fraction of sp³-hybridized carbons (Fsp3) is 0.571. The summed E-state index contributed by atoms with van der Waals surface area (Å²) in [6.07, 6.45) is 3.65. The number of rotatable bonds is 9. The maximum atomic E-state index is 11.9. The molecule has 0 heterocycles. The Morgan fingerprint density at radius 2 is 1.88 bits per heavy atom. The van der Waals surface area contributed by atoms with Crippen molar-refractivity contribution >= 4 is 5.69 Å². The highest BCUT2D eigenvalue weighted by Gasteiger charge is 1.95. The van der Waals surface area contributed by atoms with E-state index in [4.69, 9.17) is 4.74 Å². The van der Waals surface area contributed by atoms with E-state index in [0.29, 0.717) is 6.42 Å². The minimum Gasteiger partial charge on any atom is -0.494 e. The highest BCUT2D eigenvalue weighted by molar-refractivity contribution is 5.46. The summed E-state index contributed by atoms with van der Waals surface area (Å²) in [4.78, 5) is 0. The number of ether oxygens (including phenoxy) is 1. The molecule has 3 heteroatoms. The maximum Gasteiger partial charge on any atom is 0.119 e. The molecule has 1 aromatic carbocycles. The van der Waals surface area contributed by atoms with Crippen molar-refractivity contribution < 1.29 is 9.13 Å². The average Bonchev–Trinajstić information content (AvgIpc) is 2.37.